The van der Waals surface area contributed by atoms with Crippen LogP contribution in [0, 0.1) is 0 Å². The largest absolute Gasteiger partial charge is 0.353 e. The topological polar surface area (TPSA) is 57.8 Å². The fourth-order valence-electron chi connectivity index (χ4n) is 2.05. The zero-order valence-corrected chi connectivity index (χ0v) is 10.5. The van der Waals surface area contributed by atoms with Crippen LogP contribution in [0.5, 0.6) is 0 Å². The second kappa shape index (κ2) is 4.57. The third-order valence-corrected chi connectivity index (χ3v) is 2.86. The van der Waals surface area contributed by atoms with Crippen LogP contribution in [0.2, 0.25) is 0 Å². The van der Waals surface area contributed by atoms with Crippen molar-refractivity contribution in [1.29, 1.82) is 0 Å². The average Bonchev–Trinajstić information content (AvgIpc) is 2.82. The predicted molar refractivity (Wildman–Crippen MR) is 75.8 cm³/mol. The fourth-order valence-corrected chi connectivity index (χ4v) is 2.05. The first kappa shape index (κ1) is 11.5. The molecule has 0 aliphatic rings. The van der Waals surface area contributed by atoms with Crippen LogP contribution in [0.1, 0.15) is 6.92 Å². The first-order chi connectivity index (χ1) is 9.22. The van der Waals surface area contributed by atoms with Crippen molar-refractivity contribution in [2.75, 3.05) is 5.32 Å². The highest BCUT2D eigenvalue weighted by Gasteiger charge is 2.05. The quantitative estimate of drug-likeness (QED) is 0.734. The van der Waals surface area contributed by atoms with Gasteiger partial charge >= 0.3 is 0 Å². The van der Waals surface area contributed by atoms with Crippen molar-refractivity contribution in [3.8, 4) is 11.4 Å². The Bertz CT molecular complexity index is 713. The standard InChI is InChI=1S/C15H13N3O/c1-10(19)16-15-8-4-7-13(18-15)14-9-11-5-2-3-6-12(11)17-14/h2-9,17H,1H3,(H,16,18,19). The Morgan fingerprint density at radius 3 is 2.79 bits per heavy atom. The zero-order chi connectivity index (χ0) is 13.2. The number of nitrogens with zero attached hydrogens (tertiary/aromatic N) is 1. The summed E-state index contributed by atoms with van der Waals surface area (Å²) in [6, 6.07) is 15.7. The fraction of sp³-hybridized carbons (Fsp3) is 0.0667. The number of amides is 1. The maximum absolute atomic E-state index is 11.0. The minimum atomic E-state index is -0.124. The lowest BCUT2D eigenvalue weighted by Crippen LogP contribution is -2.07. The summed E-state index contributed by atoms with van der Waals surface area (Å²) < 4.78 is 0. The Balaban J connectivity index is 2.03. The molecule has 0 bridgehead atoms. The highest BCUT2D eigenvalue weighted by Crippen LogP contribution is 2.23. The average molecular weight is 251 g/mol. The molecule has 2 N–H and O–H groups in total. The van der Waals surface area contributed by atoms with Crippen molar-refractivity contribution in [3.05, 3.63) is 48.5 Å². The van der Waals surface area contributed by atoms with Gasteiger partial charge in [0.2, 0.25) is 5.91 Å². The molecule has 3 aromatic rings. The Labute approximate surface area is 110 Å². The summed E-state index contributed by atoms with van der Waals surface area (Å²) in [5.41, 5.74) is 2.82. The third-order valence-electron chi connectivity index (χ3n) is 2.86. The Morgan fingerprint density at radius 2 is 2.00 bits per heavy atom. The number of aromatic nitrogens is 2. The maximum Gasteiger partial charge on any atom is 0.222 e. The number of pyridine rings is 1. The van der Waals surface area contributed by atoms with E-state index in [-0.39, 0.29) is 5.91 Å². The van der Waals surface area contributed by atoms with E-state index in [1.807, 2.05) is 36.4 Å². The SMILES string of the molecule is CC(=O)Nc1cccc(-c2cc3ccccc3[nH]2)n1. The highest BCUT2D eigenvalue weighted by atomic mass is 16.1. The molecule has 1 aromatic carbocycles. The molecule has 2 heterocycles. The summed E-state index contributed by atoms with van der Waals surface area (Å²) in [5, 5.41) is 3.83. The second-order valence-corrected chi connectivity index (χ2v) is 4.36. The maximum atomic E-state index is 11.0. The highest BCUT2D eigenvalue weighted by molar-refractivity contribution is 5.88. The minimum Gasteiger partial charge on any atom is -0.353 e. The molecule has 0 saturated carbocycles. The molecule has 0 radical (unpaired) electrons. The van der Waals surface area contributed by atoms with Gasteiger partial charge in [-0.1, -0.05) is 24.3 Å². The molecule has 0 spiro atoms. The van der Waals surface area contributed by atoms with Gasteiger partial charge in [0.25, 0.3) is 0 Å². The van der Waals surface area contributed by atoms with Crippen molar-refractivity contribution in [2.24, 2.45) is 0 Å². The van der Waals surface area contributed by atoms with Gasteiger partial charge in [0, 0.05) is 17.8 Å². The Morgan fingerprint density at radius 1 is 1.16 bits per heavy atom. The lowest BCUT2D eigenvalue weighted by molar-refractivity contribution is -0.114. The zero-order valence-electron chi connectivity index (χ0n) is 10.5. The number of hydrogen-bond acceptors (Lipinski definition) is 2. The van der Waals surface area contributed by atoms with E-state index in [0.29, 0.717) is 5.82 Å². The second-order valence-electron chi connectivity index (χ2n) is 4.36. The number of benzene rings is 1. The van der Waals surface area contributed by atoms with Gasteiger partial charge in [-0.2, -0.15) is 0 Å². The summed E-state index contributed by atoms with van der Waals surface area (Å²) in [6.07, 6.45) is 0. The molecule has 2 aromatic heterocycles. The molecule has 1 amide bonds. The monoisotopic (exact) mass is 251 g/mol. The van der Waals surface area contributed by atoms with Crippen molar-refractivity contribution in [2.45, 2.75) is 6.92 Å². The van der Waals surface area contributed by atoms with E-state index >= 15 is 0 Å². The lowest BCUT2D eigenvalue weighted by atomic mass is 10.2. The Hall–Kier alpha value is -2.62. The van der Waals surface area contributed by atoms with Gasteiger partial charge in [0.05, 0.1) is 11.4 Å². The molecular formula is C15H13N3O. The van der Waals surface area contributed by atoms with Crippen LogP contribution in [0.15, 0.2) is 48.5 Å². The van der Waals surface area contributed by atoms with Crippen molar-refractivity contribution in [3.63, 3.8) is 0 Å². The molecule has 0 unspecified atom stereocenters. The summed E-state index contributed by atoms with van der Waals surface area (Å²) in [6.45, 7) is 1.47. The van der Waals surface area contributed by atoms with Crippen molar-refractivity contribution < 1.29 is 4.79 Å². The van der Waals surface area contributed by atoms with Gasteiger partial charge in [-0.05, 0) is 24.3 Å². The van der Waals surface area contributed by atoms with Gasteiger partial charge in [0.15, 0.2) is 0 Å². The van der Waals surface area contributed by atoms with Crippen LogP contribution in [0.3, 0.4) is 0 Å². The van der Waals surface area contributed by atoms with Crippen LogP contribution in [0.4, 0.5) is 5.82 Å². The van der Waals surface area contributed by atoms with E-state index < -0.39 is 0 Å². The number of anilines is 1. The lowest BCUT2D eigenvalue weighted by Gasteiger charge is -2.03. The summed E-state index contributed by atoms with van der Waals surface area (Å²) in [4.78, 5) is 18.8. The van der Waals surface area contributed by atoms with Gasteiger partial charge in [-0.25, -0.2) is 4.98 Å². The predicted octanol–water partition coefficient (Wildman–Crippen LogP) is 3.19. The van der Waals surface area contributed by atoms with Crippen molar-refractivity contribution >= 4 is 22.6 Å². The van der Waals surface area contributed by atoms with Crippen LogP contribution in [-0.2, 0) is 4.79 Å². The number of para-hydroxylation sites is 1. The molecule has 4 nitrogen and oxygen atoms in total. The number of carbonyl (C=O) groups excluding carboxylic acids is 1. The van der Waals surface area contributed by atoms with E-state index in [0.717, 1.165) is 22.3 Å². The first-order valence-corrected chi connectivity index (χ1v) is 6.05. The molecule has 94 valence electrons. The molecule has 4 heteroatoms. The molecule has 0 aliphatic heterocycles. The van der Waals surface area contributed by atoms with Crippen LogP contribution in [-0.4, -0.2) is 15.9 Å². The summed E-state index contributed by atoms with van der Waals surface area (Å²) >= 11 is 0. The molecular weight excluding hydrogens is 238 g/mol. The summed E-state index contributed by atoms with van der Waals surface area (Å²) in [5.74, 6) is 0.435. The first-order valence-electron chi connectivity index (χ1n) is 6.05. The Kier molecular flexibility index (Phi) is 2.76. The van der Waals surface area contributed by atoms with Crippen LogP contribution < -0.4 is 5.32 Å². The molecule has 0 fully saturated rings. The normalized spacial score (nSPS) is 10.6. The van der Waals surface area contributed by atoms with E-state index in [9.17, 15) is 4.79 Å². The van der Waals surface area contributed by atoms with Gasteiger partial charge in [-0.3, -0.25) is 4.79 Å². The molecule has 0 aliphatic carbocycles. The molecule has 0 atom stereocenters. The number of nitrogens with one attached hydrogen (secondary N) is 2. The number of fused-ring (bicyclic) bond motifs is 1. The number of hydrogen-bond donors (Lipinski definition) is 2. The van der Waals surface area contributed by atoms with Gasteiger partial charge < -0.3 is 10.3 Å². The number of rotatable bonds is 2. The summed E-state index contributed by atoms with van der Waals surface area (Å²) in [7, 11) is 0. The van der Waals surface area contributed by atoms with Crippen LogP contribution >= 0.6 is 0 Å². The number of carbonyl (C=O) groups is 1. The van der Waals surface area contributed by atoms with Gasteiger partial charge in [-0.15, -0.1) is 0 Å². The molecule has 19 heavy (non-hydrogen) atoms. The van der Waals surface area contributed by atoms with Crippen molar-refractivity contribution in [1.82, 2.24) is 9.97 Å². The number of H-pyrrole nitrogens is 1. The van der Waals surface area contributed by atoms with E-state index in [2.05, 4.69) is 21.4 Å². The number of aromatic amines is 1. The smallest absolute Gasteiger partial charge is 0.222 e. The molecule has 0 saturated heterocycles. The third kappa shape index (κ3) is 2.33. The van der Waals surface area contributed by atoms with Crippen LogP contribution in [0.25, 0.3) is 22.3 Å². The van der Waals surface area contributed by atoms with E-state index in [1.165, 1.54) is 6.92 Å². The molecule has 3 rings (SSSR count). The van der Waals surface area contributed by atoms with Gasteiger partial charge in [0.1, 0.15) is 5.82 Å². The van der Waals surface area contributed by atoms with E-state index in [1.54, 1.807) is 6.07 Å². The van der Waals surface area contributed by atoms with E-state index in [4.69, 9.17) is 0 Å². The minimum absolute atomic E-state index is 0.124.